The van der Waals surface area contributed by atoms with Gasteiger partial charge in [0.2, 0.25) is 5.95 Å². The highest BCUT2D eigenvalue weighted by Gasteiger charge is 2.25. The van der Waals surface area contributed by atoms with E-state index in [0.29, 0.717) is 22.5 Å². The van der Waals surface area contributed by atoms with Crippen LogP contribution in [0.5, 0.6) is 0 Å². The number of imide groups is 1. The van der Waals surface area contributed by atoms with Crippen molar-refractivity contribution >= 4 is 45.8 Å². The second kappa shape index (κ2) is 10.8. The normalized spacial score (nSPS) is 17.5. The Bertz CT molecular complexity index is 1520. The van der Waals surface area contributed by atoms with Gasteiger partial charge in [-0.25, -0.2) is 9.97 Å². The van der Waals surface area contributed by atoms with Crippen LogP contribution in [0.4, 0.5) is 10.7 Å². The SMILES string of the molecule is O=C1NC(=O)/C(=C\c2ccnc(N3CCC(CNCc4cccc(-c5ccc6[nH]ccc6c5)c4)CC3)n2)S1. The van der Waals surface area contributed by atoms with Crippen LogP contribution in [0.2, 0.25) is 0 Å². The van der Waals surface area contributed by atoms with Crippen molar-refractivity contribution in [3.63, 3.8) is 0 Å². The summed E-state index contributed by atoms with van der Waals surface area (Å²) in [5.74, 6) is 0.883. The summed E-state index contributed by atoms with van der Waals surface area (Å²) in [6, 6.07) is 19.1. The summed E-state index contributed by atoms with van der Waals surface area (Å²) in [7, 11) is 0. The summed E-state index contributed by atoms with van der Waals surface area (Å²) < 4.78 is 0. The Kier molecular flexibility index (Phi) is 6.94. The van der Waals surface area contributed by atoms with E-state index in [9.17, 15) is 9.59 Å². The zero-order valence-electron chi connectivity index (χ0n) is 20.8. The number of carbonyl (C=O) groups excluding carboxylic acids is 2. The van der Waals surface area contributed by atoms with E-state index in [1.807, 2.05) is 6.20 Å². The molecule has 6 rings (SSSR count). The van der Waals surface area contributed by atoms with Crippen LogP contribution in [0.15, 0.2) is 71.9 Å². The van der Waals surface area contributed by atoms with Crippen molar-refractivity contribution in [3.05, 3.63) is 83.2 Å². The van der Waals surface area contributed by atoms with E-state index in [4.69, 9.17) is 0 Å². The molecule has 0 unspecified atom stereocenters. The number of nitrogens with one attached hydrogen (secondary N) is 3. The van der Waals surface area contributed by atoms with Gasteiger partial charge in [0.05, 0.1) is 10.6 Å². The number of carbonyl (C=O) groups is 2. The van der Waals surface area contributed by atoms with E-state index in [1.165, 1.54) is 22.1 Å². The molecule has 2 aromatic carbocycles. The molecule has 3 N–H and O–H groups in total. The summed E-state index contributed by atoms with van der Waals surface area (Å²) in [6.45, 7) is 3.59. The number of aromatic amines is 1. The molecule has 9 heteroatoms. The minimum atomic E-state index is -0.376. The van der Waals surface area contributed by atoms with Crippen LogP contribution in [0.1, 0.15) is 24.1 Å². The van der Waals surface area contributed by atoms with Crippen molar-refractivity contribution < 1.29 is 9.59 Å². The summed E-state index contributed by atoms with van der Waals surface area (Å²) in [5, 5.41) is 6.80. The lowest BCUT2D eigenvalue weighted by molar-refractivity contribution is -0.115. The van der Waals surface area contributed by atoms with Crippen LogP contribution in [-0.4, -0.2) is 45.7 Å². The summed E-state index contributed by atoms with van der Waals surface area (Å²) in [6.07, 6.45) is 7.44. The van der Waals surface area contributed by atoms with Gasteiger partial charge in [0.25, 0.3) is 11.1 Å². The Morgan fingerprint density at radius 3 is 2.76 bits per heavy atom. The number of hydrogen-bond acceptors (Lipinski definition) is 7. The number of fused-ring (bicyclic) bond motifs is 1. The molecule has 2 saturated heterocycles. The van der Waals surface area contributed by atoms with Crippen molar-refractivity contribution in [3.8, 4) is 11.1 Å². The zero-order valence-corrected chi connectivity index (χ0v) is 21.6. The van der Waals surface area contributed by atoms with Crippen LogP contribution in [-0.2, 0) is 11.3 Å². The molecule has 0 bridgehead atoms. The highest BCUT2D eigenvalue weighted by atomic mass is 32.2. The molecular weight excluding hydrogens is 496 g/mol. The second-order valence-corrected chi connectivity index (χ2v) is 10.7. The van der Waals surface area contributed by atoms with Crippen LogP contribution >= 0.6 is 11.8 Å². The van der Waals surface area contributed by atoms with Crippen LogP contribution in [0, 0.1) is 5.92 Å². The van der Waals surface area contributed by atoms with Crippen molar-refractivity contribution in [1.29, 1.82) is 0 Å². The van der Waals surface area contributed by atoms with Gasteiger partial charge in [-0.05, 0) is 95.6 Å². The first-order chi connectivity index (χ1) is 18.6. The van der Waals surface area contributed by atoms with Gasteiger partial charge in [0, 0.05) is 37.5 Å². The molecule has 2 fully saturated rings. The first-order valence-corrected chi connectivity index (χ1v) is 13.6. The summed E-state index contributed by atoms with van der Waals surface area (Å²) in [5.41, 5.74) is 5.53. The highest BCUT2D eigenvalue weighted by molar-refractivity contribution is 8.18. The van der Waals surface area contributed by atoms with Gasteiger partial charge in [-0.1, -0.05) is 24.3 Å². The average Bonchev–Trinajstić information content (AvgIpc) is 3.54. The quantitative estimate of drug-likeness (QED) is 0.294. The first-order valence-electron chi connectivity index (χ1n) is 12.8. The number of aromatic nitrogens is 3. The fourth-order valence-electron chi connectivity index (χ4n) is 5.00. The van der Waals surface area contributed by atoms with Gasteiger partial charge < -0.3 is 15.2 Å². The molecule has 2 aliphatic heterocycles. The molecule has 192 valence electrons. The second-order valence-electron chi connectivity index (χ2n) is 9.68. The van der Waals surface area contributed by atoms with Gasteiger partial charge in [0.1, 0.15) is 0 Å². The third-order valence-corrected chi connectivity index (χ3v) is 7.87. The van der Waals surface area contributed by atoms with E-state index in [-0.39, 0.29) is 11.1 Å². The van der Waals surface area contributed by atoms with Crippen molar-refractivity contribution in [1.82, 2.24) is 25.6 Å². The van der Waals surface area contributed by atoms with E-state index in [1.54, 1.807) is 18.3 Å². The number of thioether (sulfide) groups is 1. The molecule has 38 heavy (non-hydrogen) atoms. The molecule has 0 aliphatic carbocycles. The Hall–Kier alpha value is -3.95. The fraction of sp³-hybridized carbons (Fsp3) is 0.241. The first kappa shape index (κ1) is 24.4. The Labute approximate surface area is 224 Å². The molecule has 0 atom stereocenters. The van der Waals surface area contributed by atoms with Crippen molar-refractivity contribution in [2.45, 2.75) is 19.4 Å². The highest BCUT2D eigenvalue weighted by Crippen LogP contribution is 2.27. The van der Waals surface area contributed by atoms with Crippen LogP contribution in [0.25, 0.3) is 28.1 Å². The number of nitrogens with zero attached hydrogens (tertiary/aromatic N) is 3. The molecule has 2 aromatic heterocycles. The van der Waals surface area contributed by atoms with E-state index >= 15 is 0 Å². The molecule has 0 saturated carbocycles. The summed E-state index contributed by atoms with van der Waals surface area (Å²) in [4.78, 5) is 38.1. The largest absolute Gasteiger partial charge is 0.361 e. The maximum atomic E-state index is 11.8. The molecule has 2 aliphatic rings. The third-order valence-electron chi connectivity index (χ3n) is 7.06. The molecule has 2 amide bonds. The molecule has 0 radical (unpaired) electrons. The van der Waals surface area contributed by atoms with E-state index in [2.05, 4.69) is 79.0 Å². The molecular formula is C29H28N6O2S. The Balaban J connectivity index is 1.01. The number of hydrogen-bond donors (Lipinski definition) is 3. The van der Waals surface area contributed by atoms with Crippen LogP contribution < -0.4 is 15.5 Å². The lowest BCUT2D eigenvalue weighted by Gasteiger charge is -2.32. The molecule has 8 nitrogen and oxygen atoms in total. The average molecular weight is 525 g/mol. The Morgan fingerprint density at radius 2 is 1.92 bits per heavy atom. The van der Waals surface area contributed by atoms with Crippen molar-refractivity contribution in [2.24, 2.45) is 5.92 Å². The zero-order chi connectivity index (χ0) is 25.9. The fourth-order valence-corrected chi connectivity index (χ4v) is 5.67. The lowest BCUT2D eigenvalue weighted by Crippen LogP contribution is -2.38. The third kappa shape index (κ3) is 5.49. The number of benzene rings is 2. The maximum Gasteiger partial charge on any atom is 0.290 e. The predicted octanol–water partition coefficient (Wildman–Crippen LogP) is 4.96. The molecule has 0 spiro atoms. The van der Waals surface area contributed by atoms with Gasteiger partial charge in [0.15, 0.2) is 0 Å². The van der Waals surface area contributed by atoms with Gasteiger partial charge >= 0.3 is 0 Å². The standard InChI is InChI=1S/C29H28N6O2S/c36-27-26(38-29(37)34-27)16-24-7-11-32-28(33-24)35-12-8-19(9-13-35)17-30-18-20-2-1-3-21(14-20)22-4-5-25-23(15-22)6-10-31-25/h1-7,10-11,14-16,19,30-31H,8-9,12-13,17-18H2,(H,34,36,37)/b26-16+. The molecule has 4 aromatic rings. The van der Waals surface area contributed by atoms with Gasteiger partial charge in [-0.3, -0.25) is 14.9 Å². The number of rotatable bonds is 7. The predicted molar refractivity (Wildman–Crippen MR) is 152 cm³/mol. The van der Waals surface area contributed by atoms with Crippen molar-refractivity contribution in [2.75, 3.05) is 24.5 Å². The minimum absolute atomic E-state index is 0.353. The summed E-state index contributed by atoms with van der Waals surface area (Å²) >= 11 is 0.896. The van der Waals surface area contributed by atoms with E-state index < -0.39 is 0 Å². The smallest absolute Gasteiger partial charge is 0.290 e. The Morgan fingerprint density at radius 1 is 1.05 bits per heavy atom. The van der Waals surface area contributed by atoms with Crippen LogP contribution in [0.3, 0.4) is 0 Å². The van der Waals surface area contributed by atoms with Gasteiger partial charge in [-0.15, -0.1) is 0 Å². The number of amides is 2. The van der Waals surface area contributed by atoms with Gasteiger partial charge in [-0.2, -0.15) is 0 Å². The number of H-pyrrole nitrogens is 1. The minimum Gasteiger partial charge on any atom is -0.361 e. The molecule has 4 heterocycles. The maximum absolute atomic E-state index is 11.8. The lowest BCUT2D eigenvalue weighted by atomic mass is 9.96. The number of piperidine rings is 1. The van der Waals surface area contributed by atoms with E-state index in [0.717, 1.165) is 56.3 Å². The number of anilines is 1. The topological polar surface area (TPSA) is 103 Å². The monoisotopic (exact) mass is 524 g/mol.